The number of benzene rings is 2. The topological polar surface area (TPSA) is 122 Å². The number of hydrogen-bond donors (Lipinski definition) is 0. The molecule has 0 heterocycles. The van der Waals surface area contributed by atoms with Gasteiger partial charge in [-0.1, -0.05) is 30.0 Å². The molecule has 0 amide bonds. The van der Waals surface area contributed by atoms with Crippen LogP contribution in [-0.4, -0.2) is 40.0 Å². The molecule has 0 bridgehead atoms. The summed E-state index contributed by atoms with van der Waals surface area (Å²) in [5.41, 5.74) is 4.72. The molecule has 0 saturated heterocycles. The van der Waals surface area contributed by atoms with Gasteiger partial charge in [0.2, 0.25) is 0 Å². The van der Waals surface area contributed by atoms with Crippen LogP contribution in [-0.2, 0) is 14.5 Å². The molecule has 184 valence electrons. The Morgan fingerprint density at radius 3 is 2.46 bits per heavy atom. The summed E-state index contributed by atoms with van der Waals surface area (Å²) in [6.07, 6.45) is 2.62. The van der Waals surface area contributed by atoms with Crippen molar-refractivity contribution in [3.8, 4) is 0 Å². The maximum absolute atomic E-state index is 14.1. The highest BCUT2D eigenvalue weighted by Gasteiger charge is 2.26. The fraction of sp³-hybridized carbons (Fsp3) is 0.261. The van der Waals surface area contributed by atoms with E-state index in [4.69, 9.17) is 0 Å². The van der Waals surface area contributed by atoms with Crippen LogP contribution in [0.25, 0.3) is 17.2 Å². The van der Waals surface area contributed by atoms with E-state index in [0.29, 0.717) is 11.1 Å². The number of fused-ring (bicyclic) bond motifs is 1. The third-order valence-corrected chi connectivity index (χ3v) is 6.98. The first kappa shape index (κ1) is 26.2. The number of thioether (sulfide) groups is 2. The van der Waals surface area contributed by atoms with Gasteiger partial charge in [-0.2, -0.15) is 0 Å². The van der Waals surface area contributed by atoms with Gasteiger partial charge in [0, 0.05) is 17.1 Å². The van der Waals surface area contributed by atoms with Gasteiger partial charge in [-0.15, -0.1) is 32.0 Å². The second kappa shape index (κ2) is 11.8. The minimum Gasteiger partial charge on any atom is -0.312 e. The van der Waals surface area contributed by atoms with E-state index in [1.165, 1.54) is 12.1 Å². The van der Waals surface area contributed by atoms with Crippen LogP contribution in [0.5, 0.6) is 0 Å². The second-order valence-corrected chi connectivity index (χ2v) is 9.41. The van der Waals surface area contributed by atoms with Gasteiger partial charge in [-0.25, -0.2) is 4.39 Å². The number of nitrogens with zero attached hydrogens (tertiary/aromatic N) is 2. The van der Waals surface area contributed by atoms with Gasteiger partial charge < -0.3 is 9.68 Å². The number of halogens is 1. The molecule has 0 fully saturated rings. The molecule has 9 nitrogen and oxygen atoms in total. The van der Waals surface area contributed by atoms with Crippen LogP contribution < -0.4 is 0 Å². The van der Waals surface area contributed by atoms with Crippen molar-refractivity contribution in [2.24, 2.45) is 0 Å². The summed E-state index contributed by atoms with van der Waals surface area (Å²) < 4.78 is 14.1. The van der Waals surface area contributed by atoms with E-state index >= 15 is 0 Å². The Kier molecular flexibility index (Phi) is 8.88. The maximum Gasteiger partial charge on any atom is 0.294 e. The van der Waals surface area contributed by atoms with Gasteiger partial charge in [-0.3, -0.25) is 4.79 Å². The SMILES string of the molecule is CSc1ccc(/C=C2/C(C)=C(CC(=O)SCC(CO[N+](=O)[O-])O[N+](=O)[O-])c3cc(F)ccc32)cc1. The smallest absolute Gasteiger partial charge is 0.294 e. The van der Waals surface area contributed by atoms with E-state index in [9.17, 15) is 29.4 Å². The molecule has 2 aromatic rings. The summed E-state index contributed by atoms with van der Waals surface area (Å²) >= 11 is 2.37. The molecule has 0 radical (unpaired) electrons. The maximum atomic E-state index is 14.1. The first-order chi connectivity index (χ1) is 16.7. The lowest BCUT2D eigenvalue weighted by Gasteiger charge is -2.13. The fourth-order valence-corrected chi connectivity index (χ4v) is 4.79. The number of carbonyl (C=O) groups excluding carboxylic acids is 1. The summed E-state index contributed by atoms with van der Waals surface area (Å²) in [5.74, 6) is -0.656. The van der Waals surface area contributed by atoms with Crippen molar-refractivity contribution >= 4 is 45.9 Å². The molecule has 0 N–H and O–H groups in total. The molecule has 2 aromatic carbocycles. The van der Waals surface area contributed by atoms with E-state index in [-0.39, 0.29) is 17.3 Å². The molecule has 0 saturated carbocycles. The first-order valence-corrected chi connectivity index (χ1v) is 12.5. The lowest BCUT2D eigenvalue weighted by atomic mass is 10.0. The Morgan fingerprint density at radius 1 is 1.11 bits per heavy atom. The fourth-order valence-electron chi connectivity index (χ4n) is 3.60. The Hall–Kier alpha value is -3.38. The summed E-state index contributed by atoms with van der Waals surface area (Å²) in [6.45, 7) is 1.17. The van der Waals surface area contributed by atoms with E-state index in [1.807, 2.05) is 43.5 Å². The molecule has 35 heavy (non-hydrogen) atoms. The predicted octanol–water partition coefficient (Wildman–Crippen LogP) is 5.31. The highest BCUT2D eigenvalue weighted by molar-refractivity contribution is 8.13. The summed E-state index contributed by atoms with van der Waals surface area (Å²) in [5, 5.41) is 18.5. The number of allylic oxidation sites excluding steroid dienone is 3. The van der Waals surface area contributed by atoms with Gasteiger partial charge in [0.1, 0.15) is 18.5 Å². The van der Waals surface area contributed by atoms with Crippen LogP contribution in [0.3, 0.4) is 0 Å². The minimum atomic E-state index is -1.30. The average Bonchev–Trinajstić information content (AvgIpc) is 3.06. The first-order valence-electron chi connectivity index (χ1n) is 10.3. The molecule has 1 aliphatic carbocycles. The van der Waals surface area contributed by atoms with Gasteiger partial charge in [0.15, 0.2) is 5.12 Å². The van der Waals surface area contributed by atoms with Crippen LogP contribution in [0.15, 0.2) is 52.9 Å². The normalized spacial score (nSPS) is 14.5. The van der Waals surface area contributed by atoms with Crippen LogP contribution >= 0.6 is 23.5 Å². The Labute approximate surface area is 208 Å². The third-order valence-electron chi connectivity index (χ3n) is 5.23. The monoisotopic (exact) mass is 520 g/mol. The van der Waals surface area contributed by atoms with Gasteiger partial charge in [-0.05, 0) is 76.9 Å². The Morgan fingerprint density at radius 2 is 1.83 bits per heavy atom. The molecule has 12 heteroatoms. The largest absolute Gasteiger partial charge is 0.312 e. The van der Waals surface area contributed by atoms with Crippen molar-refractivity contribution in [1.29, 1.82) is 0 Å². The lowest BCUT2D eigenvalue weighted by molar-refractivity contribution is -0.788. The van der Waals surface area contributed by atoms with E-state index in [0.717, 1.165) is 38.9 Å². The van der Waals surface area contributed by atoms with Crippen molar-refractivity contribution in [1.82, 2.24) is 0 Å². The molecule has 1 unspecified atom stereocenters. The zero-order valence-electron chi connectivity index (χ0n) is 18.8. The molecule has 1 atom stereocenters. The van der Waals surface area contributed by atoms with Crippen molar-refractivity contribution in [3.63, 3.8) is 0 Å². The van der Waals surface area contributed by atoms with Crippen molar-refractivity contribution < 1.29 is 29.0 Å². The van der Waals surface area contributed by atoms with E-state index < -0.39 is 28.7 Å². The molecule has 0 spiro atoms. The molecule has 0 aliphatic heterocycles. The van der Waals surface area contributed by atoms with Gasteiger partial charge in [0.25, 0.3) is 10.2 Å². The average molecular weight is 521 g/mol. The van der Waals surface area contributed by atoms with E-state index in [2.05, 4.69) is 9.68 Å². The molecule has 1 aliphatic rings. The van der Waals surface area contributed by atoms with Crippen LogP contribution in [0.4, 0.5) is 4.39 Å². The third kappa shape index (κ3) is 7.06. The standard InChI is InChI=1S/C23H21FN2O7S2/c1-14-20(9-15-3-6-18(34-2)7-4-15)19-8-5-16(24)10-22(19)21(14)11-23(27)35-13-17(33-26(30)31)12-32-25(28)29/h3-10,17H,11-13H2,1-2H3/b20-9-. The number of hydrogen-bond acceptors (Lipinski definition) is 9. The van der Waals surface area contributed by atoms with Gasteiger partial charge in [0.05, 0.1) is 0 Å². The van der Waals surface area contributed by atoms with Crippen LogP contribution in [0.1, 0.15) is 30.0 Å². The highest BCUT2D eigenvalue weighted by Crippen LogP contribution is 2.44. The summed E-state index contributed by atoms with van der Waals surface area (Å²) in [7, 11) is 0. The lowest BCUT2D eigenvalue weighted by Crippen LogP contribution is -2.27. The molecule has 3 rings (SSSR count). The number of carbonyl (C=O) groups is 1. The van der Waals surface area contributed by atoms with Crippen molar-refractivity contribution in [2.75, 3.05) is 18.6 Å². The Balaban J connectivity index is 1.81. The molecular weight excluding hydrogens is 499 g/mol. The van der Waals surface area contributed by atoms with E-state index in [1.54, 1.807) is 17.8 Å². The Bertz CT molecular complexity index is 1200. The summed E-state index contributed by atoms with van der Waals surface area (Å²) in [6, 6.07) is 12.4. The zero-order valence-corrected chi connectivity index (χ0v) is 20.4. The molecular formula is C23H21FN2O7S2. The second-order valence-electron chi connectivity index (χ2n) is 7.45. The predicted molar refractivity (Wildman–Crippen MR) is 132 cm³/mol. The van der Waals surface area contributed by atoms with Crippen molar-refractivity contribution in [3.05, 3.63) is 90.8 Å². The van der Waals surface area contributed by atoms with Gasteiger partial charge >= 0.3 is 0 Å². The molecule has 0 aromatic heterocycles. The van der Waals surface area contributed by atoms with Crippen LogP contribution in [0.2, 0.25) is 0 Å². The number of rotatable bonds is 11. The van der Waals surface area contributed by atoms with Crippen molar-refractivity contribution in [2.45, 2.75) is 24.3 Å². The van der Waals surface area contributed by atoms with Crippen LogP contribution in [0, 0.1) is 26.0 Å². The summed E-state index contributed by atoms with van der Waals surface area (Å²) in [4.78, 5) is 43.3. The highest BCUT2D eigenvalue weighted by atomic mass is 32.2. The minimum absolute atomic E-state index is 0.0585. The quantitative estimate of drug-likeness (QED) is 0.220. The zero-order chi connectivity index (χ0) is 25.5.